The van der Waals surface area contributed by atoms with Crippen LogP contribution in [0.5, 0.6) is 0 Å². The summed E-state index contributed by atoms with van der Waals surface area (Å²) in [5, 5.41) is 12.1. The molecular weight excluding hydrogens is 266 g/mol. The van der Waals surface area contributed by atoms with Crippen molar-refractivity contribution in [2.24, 2.45) is 16.8 Å². The molecule has 1 fully saturated rings. The number of benzene rings is 1. The van der Waals surface area contributed by atoms with Crippen LogP contribution in [0.3, 0.4) is 0 Å². The maximum atomic E-state index is 12.8. The Morgan fingerprint density at radius 2 is 2.10 bits per heavy atom. The predicted molar refractivity (Wildman–Crippen MR) is 82.1 cm³/mol. The van der Waals surface area contributed by atoms with E-state index >= 15 is 0 Å². The summed E-state index contributed by atoms with van der Waals surface area (Å²) in [5.74, 6) is -0.631. The van der Waals surface area contributed by atoms with Crippen LogP contribution in [0, 0.1) is 5.92 Å². The van der Waals surface area contributed by atoms with Gasteiger partial charge in [0.1, 0.15) is 5.92 Å². The van der Waals surface area contributed by atoms with Crippen molar-refractivity contribution in [2.45, 2.75) is 38.6 Å². The maximum absolute atomic E-state index is 12.8. The summed E-state index contributed by atoms with van der Waals surface area (Å²) in [6.45, 7) is 2.78. The Hall–Kier alpha value is -2.04. The van der Waals surface area contributed by atoms with E-state index in [-0.39, 0.29) is 11.7 Å². The second kappa shape index (κ2) is 7.11. The molecule has 1 aromatic carbocycles. The van der Waals surface area contributed by atoms with Gasteiger partial charge in [-0.15, -0.1) is 0 Å². The van der Waals surface area contributed by atoms with Crippen molar-refractivity contribution in [1.82, 2.24) is 4.90 Å². The van der Waals surface area contributed by atoms with Gasteiger partial charge in [-0.3, -0.25) is 4.79 Å². The molecule has 1 aliphatic rings. The van der Waals surface area contributed by atoms with Gasteiger partial charge < -0.3 is 15.8 Å². The third-order valence-electron chi connectivity index (χ3n) is 3.79. The molecule has 3 N–H and O–H groups in total. The van der Waals surface area contributed by atoms with Gasteiger partial charge in [-0.25, -0.2) is 0 Å². The molecule has 1 aromatic rings. The second-order valence-electron chi connectivity index (χ2n) is 5.53. The monoisotopic (exact) mass is 289 g/mol. The number of carbonyl (C=O) groups excluding carboxylic acids is 1. The number of hydrogen-bond donors (Lipinski definition) is 2. The zero-order valence-electron chi connectivity index (χ0n) is 12.4. The van der Waals surface area contributed by atoms with Gasteiger partial charge >= 0.3 is 0 Å². The normalized spacial score (nSPS) is 16.5. The van der Waals surface area contributed by atoms with Crippen molar-refractivity contribution in [3.63, 3.8) is 0 Å². The Bertz CT molecular complexity index is 498. The van der Waals surface area contributed by atoms with Crippen LogP contribution in [-0.4, -0.2) is 34.4 Å². The fourth-order valence-electron chi connectivity index (χ4n) is 2.54. The maximum Gasteiger partial charge on any atom is 0.233 e. The Morgan fingerprint density at radius 3 is 2.62 bits per heavy atom. The SMILES string of the molecule is CCCN(C(=O)C(Cc1ccccc1)C(N)=NO)C1CC1. The summed E-state index contributed by atoms with van der Waals surface area (Å²) in [7, 11) is 0. The summed E-state index contributed by atoms with van der Waals surface area (Å²) in [6.07, 6.45) is 3.49. The van der Waals surface area contributed by atoms with E-state index in [4.69, 9.17) is 10.9 Å². The lowest BCUT2D eigenvalue weighted by atomic mass is 9.96. The first-order valence-corrected chi connectivity index (χ1v) is 7.49. The number of carbonyl (C=O) groups is 1. The van der Waals surface area contributed by atoms with Crippen molar-refractivity contribution in [3.05, 3.63) is 35.9 Å². The van der Waals surface area contributed by atoms with Crippen molar-refractivity contribution >= 4 is 11.7 Å². The fraction of sp³-hybridized carbons (Fsp3) is 0.500. The van der Waals surface area contributed by atoms with Crippen molar-refractivity contribution < 1.29 is 10.0 Å². The highest BCUT2D eigenvalue weighted by Gasteiger charge is 2.36. The summed E-state index contributed by atoms with van der Waals surface area (Å²) in [5.41, 5.74) is 6.78. The molecule has 21 heavy (non-hydrogen) atoms. The number of amides is 1. The third-order valence-corrected chi connectivity index (χ3v) is 3.79. The molecule has 0 spiro atoms. The van der Waals surface area contributed by atoms with Crippen LogP contribution in [0.1, 0.15) is 31.7 Å². The summed E-state index contributed by atoms with van der Waals surface area (Å²) in [6, 6.07) is 10.0. The van der Waals surface area contributed by atoms with Crippen molar-refractivity contribution in [1.29, 1.82) is 0 Å². The van der Waals surface area contributed by atoms with Crippen molar-refractivity contribution in [2.75, 3.05) is 6.54 Å². The summed E-state index contributed by atoms with van der Waals surface area (Å²) < 4.78 is 0. The number of hydrogen-bond acceptors (Lipinski definition) is 3. The first-order valence-electron chi connectivity index (χ1n) is 7.49. The van der Waals surface area contributed by atoms with E-state index in [2.05, 4.69) is 12.1 Å². The minimum Gasteiger partial charge on any atom is -0.409 e. The largest absolute Gasteiger partial charge is 0.409 e. The molecule has 1 saturated carbocycles. The smallest absolute Gasteiger partial charge is 0.233 e. The van der Waals surface area contributed by atoms with E-state index in [0.29, 0.717) is 12.5 Å². The number of oxime groups is 1. The quantitative estimate of drug-likeness (QED) is 0.349. The minimum absolute atomic E-state index is 0.00870. The van der Waals surface area contributed by atoms with Gasteiger partial charge in [-0.05, 0) is 31.2 Å². The standard InChI is InChI=1S/C16H23N3O2/c1-2-10-19(13-8-9-13)16(20)14(15(17)18-21)11-12-6-4-3-5-7-12/h3-7,13-14,21H,2,8-11H2,1H3,(H2,17,18). The summed E-state index contributed by atoms with van der Waals surface area (Å²) >= 11 is 0. The lowest BCUT2D eigenvalue weighted by Gasteiger charge is -2.26. The topological polar surface area (TPSA) is 78.9 Å². The van der Waals surface area contributed by atoms with E-state index in [1.807, 2.05) is 35.2 Å². The van der Waals surface area contributed by atoms with Gasteiger partial charge in [0, 0.05) is 12.6 Å². The Balaban J connectivity index is 2.16. The molecule has 5 heteroatoms. The lowest BCUT2D eigenvalue weighted by Crippen LogP contribution is -2.44. The first kappa shape index (κ1) is 15.4. The Morgan fingerprint density at radius 1 is 1.43 bits per heavy atom. The molecular formula is C16H23N3O2. The molecule has 1 atom stereocenters. The van der Waals surface area contributed by atoms with Gasteiger partial charge in [0.2, 0.25) is 5.91 Å². The third kappa shape index (κ3) is 3.97. The van der Waals surface area contributed by atoms with Gasteiger partial charge in [-0.1, -0.05) is 42.4 Å². The average molecular weight is 289 g/mol. The first-order chi connectivity index (χ1) is 10.2. The van der Waals surface area contributed by atoms with Gasteiger partial charge in [0.25, 0.3) is 0 Å². The molecule has 0 aromatic heterocycles. The average Bonchev–Trinajstić information content (AvgIpc) is 3.34. The predicted octanol–water partition coefficient (Wildman–Crippen LogP) is 1.99. The molecule has 0 bridgehead atoms. The highest BCUT2D eigenvalue weighted by molar-refractivity contribution is 6.02. The fourth-order valence-corrected chi connectivity index (χ4v) is 2.54. The molecule has 5 nitrogen and oxygen atoms in total. The van der Waals surface area contributed by atoms with Gasteiger partial charge in [0.15, 0.2) is 5.84 Å². The number of nitrogens with two attached hydrogens (primary N) is 1. The van der Waals surface area contributed by atoms with E-state index < -0.39 is 5.92 Å². The zero-order chi connectivity index (χ0) is 15.2. The summed E-state index contributed by atoms with van der Waals surface area (Å²) in [4.78, 5) is 14.7. The van der Waals surface area contributed by atoms with Crippen LogP contribution in [0.2, 0.25) is 0 Å². The van der Waals surface area contributed by atoms with Crippen LogP contribution in [0.4, 0.5) is 0 Å². The van der Waals surface area contributed by atoms with E-state index in [1.165, 1.54) is 0 Å². The molecule has 0 aliphatic heterocycles. The van der Waals surface area contributed by atoms with Crippen LogP contribution in [0.25, 0.3) is 0 Å². The Kier molecular flexibility index (Phi) is 5.20. The molecule has 1 aliphatic carbocycles. The molecule has 1 unspecified atom stereocenters. The highest BCUT2D eigenvalue weighted by atomic mass is 16.4. The van der Waals surface area contributed by atoms with Crippen LogP contribution >= 0.6 is 0 Å². The van der Waals surface area contributed by atoms with Crippen LogP contribution in [0.15, 0.2) is 35.5 Å². The molecule has 0 saturated heterocycles. The number of nitrogens with zero attached hydrogens (tertiary/aromatic N) is 2. The molecule has 1 amide bonds. The minimum atomic E-state index is -0.593. The zero-order valence-corrected chi connectivity index (χ0v) is 12.4. The van der Waals surface area contributed by atoms with E-state index in [9.17, 15) is 4.79 Å². The molecule has 0 heterocycles. The van der Waals surface area contributed by atoms with Crippen LogP contribution in [-0.2, 0) is 11.2 Å². The lowest BCUT2D eigenvalue weighted by molar-refractivity contribution is -0.134. The second-order valence-corrected chi connectivity index (χ2v) is 5.53. The molecule has 114 valence electrons. The molecule has 0 radical (unpaired) electrons. The Labute approximate surface area is 125 Å². The van der Waals surface area contributed by atoms with E-state index in [1.54, 1.807) is 0 Å². The van der Waals surface area contributed by atoms with Gasteiger partial charge in [-0.2, -0.15) is 0 Å². The van der Waals surface area contributed by atoms with Crippen molar-refractivity contribution in [3.8, 4) is 0 Å². The van der Waals surface area contributed by atoms with E-state index in [0.717, 1.165) is 31.4 Å². The van der Waals surface area contributed by atoms with Gasteiger partial charge in [0.05, 0.1) is 0 Å². The number of amidine groups is 1. The molecule has 2 rings (SSSR count). The van der Waals surface area contributed by atoms with Crippen LogP contribution < -0.4 is 5.73 Å². The number of rotatable bonds is 7. The highest BCUT2D eigenvalue weighted by Crippen LogP contribution is 2.29.